The number of benzene rings is 3. The molecule has 0 aliphatic rings. The van der Waals surface area contributed by atoms with E-state index in [4.69, 9.17) is 32.6 Å². The van der Waals surface area contributed by atoms with Crippen LogP contribution in [0.15, 0.2) is 70.0 Å². The van der Waals surface area contributed by atoms with Crippen LogP contribution in [0.25, 0.3) is 55.2 Å². The van der Waals surface area contributed by atoms with E-state index in [1.54, 1.807) is 42.5 Å². The van der Waals surface area contributed by atoms with Crippen molar-refractivity contribution in [2.45, 2.75) is 0 Å². The number of hydrogen-bond acceptors (Lipinski definition) is 4. The molecule has 3 aromatic heterocycles. The van der Waals surface area contributed by atoms with E-state index in [-0.39, 0.29) is 11.3 Å². The van der Waals surface area contributed by atoms with Crippen molar-refractivity contribution in [3.8, 4) is 28.1 Å². The van der Waals surface area contributed by atoms with E-state index < -0.39 is 5.63 Å². The van der Waals surface area contributed by atoms with Gasteiger partial charge in [0, 0.05) is 28.1 Å². The lowest BCUT2D eigenvalue weighted by molar-refractivity contribution is 0.471. The molecular formula is C24H13Cl2N3O3. The molecule has 8 heteroatoms. The highest BCUT2D eigenvalue weighted by Gasteiger charge is 2.26. The molecule has 32 heavy (non-hydrogen) atoms. The molecule has 0 aliphatic carbocycles. The van der Waals surface area contributed by atoms with Crippen molar-refractivity contribution in [3.63, 3.8) is 0 Å². The summed E-state index contributed by atoms with van der Waals surface area (Å²) in [4.78, 5) is 18.0. The topological polar surface area (TPSA) is 94.9 Å². The predicted molar refractivity (Wildman–Crippen MR) is 127 cm³/mol. The summed E-state index contributed by atoms with van der Waals surface area (Å²) in [5, 5.41) is 20.1. The molecule has 0 fully saturated rings. The fourth-order valence-corrected chi connectivity index (χ4v) is 4.44. The van der Waals surface area contributed by atoms with Gasteiger partial charge in [-0.3, -0.25) is 0 Å². The first kappa shape index (κ1) is 19.0. The minimum atomic E-state index is -0.663. The molecule has 6 aromatic rings. The lowest BCUT2D eigenvalue weighted by Crippen LogP contribution is -2.04. The van der Waals surface area contributed by atoms with Crippen LogP contribution < -0.4 is 5.63 Å². The fraction of sp³-hybridized carbons (Fsp3) is 0. The van der Waals surface area contributed by atoms with Crippen molar-refractivity contribution in [2.75, 3.05) is 0 Å². The molecule has 3 heterocycles. The second kappa shape index (κ2) is 6.88. The number of aromatic hydroxyl groups is 1. The number of para-hydroxylation sites is 1. The summed E-state index contributed by atoms with van der Waals surface area (Å²) in [6.45, 7) is 0. The molecule has 0 bridgehead atoms. The largest absolute Gasteiger partial charge is 0.506 e. The average molecular weight is 462 g/mol. The Labute approximate surface area is 190 Å². The number of H-pyrrole nitrogens is 2. The molecule has 3 N–H and O–H groups in total. The summed E-state index contributed by atoms with van der Waals surface area (Å²) < 4.78 is 5.57. The Hall–Kier alpha value is -3.74. The summed E-state index contributed by atoms with van der Waals surface area (Å²) in [6, 6.07) is 15.8. The van der Waals surface area contributed by atoms with E-state index in [0.717, 1.165) is 10.9 Å². The van der Waals surface area contributed by atoms with Gasteiger partial charge in [-0.15, -0.1) is 0 Å². The fourth-order valence-electron chi connectivity index (χ4n) is 4.14. The van der Waals surface area contributed by atoms with Gasteiger partial charge in [-0.25, -0.2) is 9.78 Å². The van der Waals surface area contributed by atoms with Gasteiger partial charge in [-0.05, 0) is 36.4 Å². The Balaban J connectivity index is 1.82. The van der Waals surface area contributed by atoms with E-state index >= 15 is 0 Å². The quantitative estimate of drug-likeness (QED) is 0.256. The number of nitrogens with one attached hydrogen (secondary N) is 2. The van der Waals surface area contributed by atoms with Crippen molar-refractivity contribution in [2.24, 2.45) is 0 Å². The van der Waals surface area contributed by atoms with Crippen LogP contribution in [-0.4, -0.2) is 20.3 Å². The van der Waals surface area contributed by atoms with Crippen LogP contribution in [0.3, 0.4) is 0 Å². The van der Waals surface area contributed by atoms with E-state index in [1.165, 1.54) is 0 Å². The third-order valence-corrected chi connectivity index (χ3v) is 6.33. The first-order valence-corrected chi connectivity index (χ1v) is 10.5. The first-order valence-electron chi connectivity index (χ1n) is 9.71. The SMILES string of the molecule is O=c1oc2ccccc2c(O)c1-c1c(-c2ccc(Cl)c(Cl)c2)nc2ccc3c[nH][nH]c3c12. The minimum absolute atomic E-state index is 0.0365. The zero-order valence-electron chi connectivity index (χ0n) is 16.2. The smallest absolute Gasteiger partial charge is 0.348 e. The van der Waals surface area contributed by atoms with Gasteiger partial charge in [0.05, 0.1) is 32.2 Å². The van der Waals surface area contributed by atoms with Gasteiger partial charge >= 0.3 is 5.63 Å². The van der Waals surface area contributed by atoms with Gasteiger partial charge in [0.2, 0.25) is 0 Å². The van der Waals surface area contributed by atoms with Gasteiger partial charge in [0.1, 0.15) is 16.9 Å². The number of hydrogen-bond donors (Lipinski definition) is 3. The zero-order valence-corrected chi connectivity index (χ0v) is 17.8. The Kier molecular flexibility index (Phi) is 4.08. The lowest BCUT2D eigenvalue weighted by atomic mass is 9.97. The summed E-state index contributed by atoms with van der Waals surface area (Å²) in [5.41, 5.74) is 2.67. The summed E-state index contributed by atoms with van der Waals surface area (Å²) in [7, 11) is 0. The van der Waals surface area contributed by atoms with Crippen molar-refractivity contribution in [1.82, 2.24) is 15.2 Å². The molecule has 0 aliphatic heterocycles. The normalized spacial score (nSPS) is 11.7. The second-order valence-electron chi connectivity index (χ2n) is 7.41. The molecule has 6 rings (SSSR count). The molecule has 6 nitrogen and oxygen atoms in total. The molecule has 0 saturated carbocycles. The molecule has 0 amide bonds. The Morgan fingerprint density at radius 2 is 1.81 bits per heavy atom. The van der Waals surface area contributed by atoms with Gasteiger partial charge in [0.15, 0.2) is 0 Å². The maximum absolute atomic E-state index is 13.2. The molecular weight excluding hydrogens is 449 g/mol. The van der Waals surface area contributed by atoms with Crippen molar-refractivity contribution < 1.29 is 9.52 Å². The molecule has 0 spiro atoms. The molecule has 0 radical (unpaired) electrons. The number of halogens is 2. The summed E-state index contributed by atoms with van der Waals surface area (Å²) >= 11 is 12.4. The maximum atomic E-state index is 13.2. The average Bonchev–Trinajstić information content (AvgIpc) is 3.40. The summed E-state index contributed by atoms with van der Waals surface area (Å²) in [6.07, 6.45) is 1.81. The Bertz CT molecular complexity index is 1750. The highest BCUT2D eigenvalue weighted by molar-refractivity contribution is 6.42. The molecule has 0 unspecified atom stereocenters. The molecule has 156 valence electrons. The number of rotatable bonds is 2. The molecule has 0 atom stereocenters. The third kappa shape index (κ3) is 2.67. The zero-order chi connectivity index (χ0) is 22.0. The Morgan fingerprint density at radius 1 is 0.969 bits per heavy atom. The summed E-state index contributed by atoms with van der Waals surface area (Å²) in [5.74, 6) is -0.167. The second-order valence-corrected chi connectivity index (χ2v) is 8.23. The minimum Gasteiger partial charge on any atom is -0.506 e. The van der Waals surface area contributed by atoms with Crippen molar-refractivity contribution in [3.05, 3.63) is 81.3 Å². The van der Waals surface area contributed by atoms with Crippen LogP contribution in [0.4, 0.5) is 0 Å². The van der Waals surface area contributed by atoms with Crippen LogP contribution >= 0.6 is 23.2 Å². The van der Waals surface area contributed by atoms with Crippen molar-refractivity contribution in [1.29, 1.82) is 0 Å². The standard InChI is InChI=1S/C24H13Cl2N3O3/c25-14-7-5-11(9-15(14)26)21-19(18-16(28-21)8-6-12-10-27-29-22(12)18)20-23(30)13-3-1-2-4-17(13)32-24(20)31/h1-10,27,29-30H. The van der Waals surface area contributed by atoms with E-state index in [0.29, 0.717) is 48.7 Å². The van der Waals surface area contributed by atoms with Crippen LogP contribution in [0.1, 0.15) is 0 Å². The van der Waals surface area contributed by atoms with Crippen LogP contribution in [-0.2, 0) is 0 Å². The highest BCUT2D eigenvalue weighted by Crippen LogP contribution is 2.45. The molecule has 3 aromatic carbocycles. The first-order chi connectivity index (χ1) is 15.5. The van der Waals surface area contributed by atoms with Gasteiger partial charge in [0.25, 0.3) is 0 Å². The number of aromatic amines is 2. The number of aromatic nitrogens is 3. The monoisotopic (exact) mass is 461 g/mol. The number of nitrogens with zero attached hydrogens (tertiary/aromatic N) is 1. The van der Waals surface area contributed by atoms with Crippen LogP contribution in [0.2, 0.25) is 10.0 Å². The molecule has 0 saturated heterocycles. The van der Waals surface area contributed by atoms with Gasteiger partial charge < -0.3 is 19.7 Å². The van der Waals surface area contributed by atoms with E-state index in [1.807, 2.05) is 18.3 Å². The third-order valence-electron chi connectivity index (χ3n) is 5.59. The van der Waals surface area contributed by atoms with Gasteiger partial charge in [-0.1, -0.05) is 41.4 Å². The Morgan fingerprint density at radius 3 is 2.66 bits per heavy atom. The van der Waals surface area contributed by atoms with Crippen LogP contribution in [0, 0.1) is 0 Å². The van der Waals surface area contributed by atoms with E-state index in [2.05, 4.69) is 10.2 Å². The van der Waals surface area contributed by atoms with E-state index in [9.17, 15) is 9.90 Å². The van der Waals surface area contributed by atoms with Crippen molar-refractivity contribution >= 4 is 56.0 Å². The van der Waals surface area contributed by atoms with Crippen LogP contribution in [0.5, 0.6) is 5.75 Å². The number of fused-ring (bicyclic) bond motifs is 4. The highest BCUT2D eigenvalue weighted by atomic mass is 35.5. The predicted octanol–water partition coefficient (Wildman–Crippen LogP) is 6.50. The van der Waals surface area contributed by atoms with Gasteiger partial charge in [-0.2, -0.15) is 0 Å². The lowest BCUT2D eigenvalue weighted by Gasteiger charge is -2.09. The maximum Gasteiger partial charge on any atom is 0.348 e.